The highest BCUT2D eigenvalue weighted by atomic mass is 32.2. The first-order valence-electron chi connectivity index (χ1n) is 25.4. The number of hydrogen-bond donors (Lipinski definition) is 2. The van der Waals surface area contributed by atoms with Crippen LogP contribution in [0.5, 0.6) is 23.0 Å². The summed E-state index contributed by atoms with van der Waals surface area (Å²) in [4.78, 5) is -0.0207. The number of hydrogen-bond acceptors (Lipinski definition) is 13. The standard InChI is InChI=1S/C53H86O13S/c1-8-9-10-11-12-17-20-23-26-42(62-37-58-4)44-33-35-46(64-44)47-36-34-45(65-47)43(63-38-59-5)27-24-21-18-15-13-14-16-19-22-25-28-48(66-67(56,57)41-31-29-39(2)30-32-41)49-40(3)50(54)52(60-6)53(61-7)51(49)55/h28-32,42-47,54-55H,8-27,33-38H2,1-7H3/t42-,43?,44-,45-,46-,47-/m0/s1. The van der Waals surface area contributed by atoms with Crippen molar-refractivity contribution in [2.75, 3.05) is 42.0 Å². The zero-order valence-corrected chi connectivity index (χ0v) is 42.8. The third-order valence-corrected chi connectivity index (χ3v) is 14.6. The lowest BCUT2D eigenvalue weighted by atomic mass is 10.00. The van der Waals surface area contributed by atoms with E-state index in [1.165, 1.54) is 71.3 Å². The molecule has 2 heterocycles. The van der Waals surface area contributed by atoms with E-state index < -0.39 is 10.1 Å². The largest absolute Gasteiger partial charge is 0.504 e. The molecule has 6 atom stereocenters. The molecule has 2 saturated heterocycles. The summed E-state index contributed by atoms with van der Waals surface area (Å²) in [7, 11) is 1.76. The predicted molar refractivity (Wildman–Crippen MR) is 262 cm³/mol. The van der Waals surface area contributed by atoms with Crippen LogP contribution < -0.4 is 9.47 Å². The highest BCUT2D eigenvalue weighted by molar-refractivity contribution is 7.87. The van der Waals surface area contributed by atoms with Crippen molar-refractivity contribution in [1.82, 2.24) is 0 Å². The second-order valence-corrected chi connectivity index (χ2v) is 20.1. The molecular weight excluding hydrogens is 877 g/mol. The number of allylic oxidation sites excluding steroid dienone is 1. The van der Waals surface area contributed by atoms with Gasteiger partial charge in [-0.2, -0.15) is 8.42 Å². The molecule has 67 heavy (non-hydrogen) atoms. The molecule has 4 rings (SSSR count). The second kappa shape index (κ2) is 31.2. The Bertz CT molecular complexity index is 1820. The molecule has 14 heteroatoms. The lowest BCUT2D eigenvalue weighted by Gasteiger charge is -2.27. The number of rotatable bonds is 36. The van der Waals surface area contributed by atoms with Crippen LogP contribution in [-0.4, -0.2) is 97.3 Å². The van der Waals surface area contributed by atoms with Crippen LogP contribution in [0, 0.1) is 13.8 Å². The third kappa shape index (κ3) is 18.3. The molecule has 13 nitrogen and oxygen atoms in total. The average molecular weight is 963 g/mol. The number of unbranched alkanes of at least 4 members (excludes halogenated alkanes) is 16. The van der Waals surface area contributed by atoms with Gasteiger partial charge in [-0.15, -0.1) is 0 Å². The highest BCUT2D eigenvalue weighted by Gasteiger charge is 2.42. The van der Waals surface area contributed by atoms with E-state index in [0.29, 0.717) is 13.2 Å². The van der Waals surface area contributed by atoms with Crippen LogP contribution >= 0.6 is 0 Å². The summed E-state index contributed by atoms with van der Waals surface area (Å²) in [5, 5.41) is 22.2. The average Bonchev–Trinajstić information content (AvgIpc) is 4.02. The van der Waals surface area contributed by atoms with Gasteiger partial charge in [-0.1, -0.05) is 127 Å². The molecule has 2 aromatic rings. The summed E-state index contributed by atoms with van der Waals surface area (Å²) in [6, 6.07) is 6.34. The Balaban J connectivity index is 1.17. The van der Waals surface area contributed by atoms with Gasteiger partial charge in [0.1, 0.15) is 18.5 Å². The molecule has 0 spiro atoms. The van der Waals surface area contributed by atoms with Gasteiger partial charge in [-0.3, -0.25) is 0 Å². The number of ether oxygens (including phenoxy) is 8. The number of aryl methyl sites for hydroxylation is 1. The summed E-state index contributed by atoms with van der Waals surface area (Å²) >= 11 is 0. The molecule has 0 amide bonds. The van der Waals surface area contributed by atoms with E-state index in [0.717, 1.165) is 108 Å². The number of phenols is 2. The fourth-order valence-corrected chi connectivity index (χ4v) is 10.5. The van der Waals surface area contributed by atoms with E-state index in [4.69, 9.17) is 42.1 Å². The minimum atomic E-state index is -4.27. The number of phenolic OH excluding ortho intramolecular Hbond substituents is 2. The fraction of sp³-hybridized carbons (Fsp3) is 0.736. The molecular formula is C53H86O13S. The molecule has 2 aromatic carbocycles. The smallest absolute Gasteiger partial charge is 0.339 e. The maximum atomic E-state index is 13.4. The second-order valence-electron chi connectivity index (χ2n) is 18.5. The Hall–Kier alpha value is -3.11. The van der Waals surface area contributed by atoms with E-state index in [-0.39, 0.29) is 88.2 Å². The molecule has 0 saturated carbocycles. The summed E-state index contributed by atoms with van der Waals surface area (Å²) in [6.45, 7) is 6.24. The van der Waals surface area contributed by atoms with Gasteiger partial charge in [-0.25, -0.2) is 0 Å². The van der Waals surface area contributed by atoms with Gasteiger partial charge >= 0.3 is 10.1 Å². The van der Waals surface area contributed by atoms with Crippen molar-refractivity contribution in [2.24, 2.45) is 0 Å². The molecule has 2 aliphatic heterocycles. The molecule has 1 unspecified atom stereocenters. The van der Waals surface area contributed by atoms with E-state index in [2.05, 4.69) is 6.92 Å². The third-order valence-electron chi connectivity index (χ3n) is 13.3. The first kappa shape index (κ1) is 56.5. The molecule has 0 radical (unpaired) electrons. The van der Waals surface area contributed by atoms with Gasteiger partial charge in [0.25, 0.3) is 0 Å². The SMILES string of the molecule is CCCCCCCCCC[C@H](OCOC)[C@@H]1CC[C@@H]([C@@H]2CC[C@@H](C(CCCCCCCCCCCC=C(OS(=O)(=O)c3ccc(C)cc3)c3c(C)c(O)c(OC)c(OC)c3O)OCOC)O2)O1. The topological polar surface area (TPSA) is 158 Å². The number of methoxy groups -OCH3 is 4. The molecule has 0 aliphatic carbocycles. The van der Waals surface area contributed by atoms with Crippen molar-refractivity contribution in [3.63, 3.8) is 0 Å². The number of aromatic hydroxyl groups is 2. The predicted octanol–water partition coefficient (Wildman–Crippen LogP) is 12.4. The van der Waals surface area contributed by atoms with Gasteiger partial charge < -0.3 is 52.3 Å². The minimum absolute atomic E-state index is 0.00472. The maximum absolute atomic E-state index is 13.4. The maximum Gasteiger partial charge on any atom is 0.339 e. The van der Waals surface area contributed by atoms with Crippen LogP contribution in [0.2, 0.25) is 0 Å². The molecule has 2 aliphatic rings. The molecule has 0 aromatic heterocycles. The van der Waals surface area contributed by atoms with Crippen LogP contribution in [-0.2, 0) is 42.7 Å². The Kier molecular flexibility index (Phi) is 26.3. The van der Waals surface area contributed by atoms with Crippen molar-refractivity contribution in [3.05, 3.63) is 47.0 Å². The van der Waals surface area contributed by atoms with Crippen molar-refractivity contribution in [1.29, 1.82) is 0 Å². The van der Waals surface area contributed by atoms with Crippen molar-refractivity contribution < 1.29 is 60.7 Å². The van der Waals surface area contributed by atoms with Gasteiger partial charge in [0.15, 0.2) is 17.3 Å². The Morgan fingerprint density at radius 1 is 0.642 bits per heavy atom. The highest BCUT2D eigenvalue weighted by Crippen LogP contribution is 2.51. The first-order valence-corrected chi connectivity index (χ1v) is 26.8. The lowest BCUT2D eigenvalue weighted by Crippen LogP contribution is -2.35. The van der Waals surface area contributed by atoms with Gasteiger partial charge in [-0.05, 0) is 83.4 Å². The summed E-state index contributed by atoms with van der Waals surface area (Å²) in [6.07, 6.45) is 28.3. The van der Waals surface area contributed by atoms with E-state index >= 15 is 0 Å². The van der Waals surface area contributed by atoms with Crippen LogP contribution in [0.25, 0.3) is 5.76 Å². The van der Waals surface area contributed by atoms with Gasteiger partial charge in [0.2, 0.25) is 11.5 Å². The Morgan fingerprint density at radius 2 is 1.09 bits per heavy atom. The van der Waals surface area contributed by atoms with Crippen LogP contribution in [0.3, 0.4) is 0 Å². The van der Waals surface area contributed by atoms with E-state index in [1.54, 1.807) is 39.4 Å². The quantitative estimate of drug-likeness (QED) is 0.0219. The van der Waals surface area contributed by atoms with E-state index in [1.807, 2.05) is 6.92 Å². The van der Waals surface area contributed by atoms with Crippen LogP contribution in [0.1, 0.15) is 178 Å². The molecule has 2 fully saturated rings. The minimum Gasteiger partial charge on any atom is -0.504 e. The molecule has 382 valence electrons. The number of benzene rings is 2. The van der Waals surface area contributed by atoms with Crippen molar-refractivity contribution in [2.45, 2.75) is 216 Å². The van der Waals surface area contributed by atoms with Crippen molar-refractivity contribution in [3.8, 4) is 23.0 Å². The zero-order chi connectivity index (χ0) is 48.4. The monoisotopic (exact) mass is 963 g/mol. The van der Waals surface area contributed by atoms with Gasteiger partial charge in [0, 0.05) is 19.8 Å². The van der Waals surface area contributed by atoms with Gasteiger partial charge in [0.05, 0.1) is 56.4 Å². The Morgan fingerprint density at radius 3 is 1.55 bits per heavy atom. The van der Waals surface area contributed by atoms with Crippen molar-refractivity contribution >= 4 is 15.9 Å². The fourth-order valence-electron chi connectivity index (χ4n) is 9.50. The normalized spacial score (nSPS) is 19.8. The summed E-state index contributed by atoms with van der Waals surface area (Å²) in [5.74, 6) is -0.925. The lowest BCUT2D eigenvalue weighted by molar-refractivity contribution is -0.158. The zero-order valence-electron chi connectivity index (χ0n) is 42.0. The summed E-state index contributed by atoms with van der Waals surface area (Å²) in [5.41, 5.74) is 1.13. The van der Waals surface area contributed by atoms with Crippen LogP contribution in [0.4, 0.5) is 0 Å². The van der Waals surface area contributed by atoms with Crippen LogP contribution in [0.15, 0.2) is 35.2 Å². The van der Waals surface area contributed by atoms with E-state index in [9.17, 15) is 18.6 Å². The molecule has 0 bridgehead atoms. The molecule has 2 N–H and O–H groups in total. The Labute approximate surface area is 403 Å². The first-order chi connectivity index (χ1) is 32.5. The summed E-state index contributed by atoms with van der Waals surface area (Å²) < 4.78 is 79.5.